The number of carbonyl (C=O) groups excluding carboxylic acids is 1. The number of aldehydes is 1. The van der Waals surface area contributed by atoms with Crippen molar-refractivity contribution in [2.45, 2.75) is 3.79 Å². The maximum absolute atomic E-state index is 9.43. The summed E-state index contributed by atoms with van der Waals surface area (Å²) in [4.78, 5) is 9.43. The van der Waals surface area contributed by atoms with Crippen molar-refractivity contribution in [1.29, 1.82) is 0 Å². The molecule has 0 saturated heterocycles. The van der Waals surface area contributed by atoms with Gasteiger partial charge >= 0.3 is 0 Å². The second-order valence-electron chi connectivity index (χ2n) is 0.659. The van der Waals surface area contributed by atoms with Crippen molar-refractivity contribution in [2.75, 3.05) is 0 Å². The maximum atomic E-state index is 9.43. The van der Waals surface area contributed by atoms with Gasteiger partial charge in [-0.2, -0.15) is 0 Å². The van der Waals surface area contributed by atoms with Crippen molar-refractivity contribution in [3.8, 4) is 0 Å². The van der Waals surface area contributed by atoms with Gasteiger partial charge in [0.2, 0.25) is 3.79 Å². The molecule has 0 rings (SSSR count). The summed E-state index contributed by atoms with van der Waals surface area (Å²) in [7, 11) is 0. The molecule has 0 aromatic heterocycles. The van der Waals surface area contributed by atoms with E-state index >= 15 is 0 Å². The van der Waals surface area contributed by atoms with Gasteiger partial charge in [-0.25, -0.2) is 0 Å². The minimum Gasteiger partial charge on any atom is -0.299 e. The van der Waals surface area contributed by atoms with E-state index in [-0.39, 0.29) is 28.0 Å². The number of hydrogen-bond acceptors (Lipinski definition) is 1. The fourth-order valence-electron chi connectivity index (χ4n) is 0. The summed E-state index contributed by atoms with van der Waals surface area (Å²) in [6.45, 7) is 0. The third kappa shape index (κ3) is 11.1. The second-order valence-corrected chi connectivity index (χ2v) is 3.03. The largest absolute Gasteiger partial charge is 0.299 e. The molecule has 0 aliphatic carbocycles. The van der Waals surface area contributed by atoms with Crippen LogP contribution in [0.2, 0.25) is 0 Å². The van der Waals surface area contributed by atoms with E-state index in [9.17, 15) is 4.79 Å². The van der Waals surface area contributed by atoms with E-state index in [1.54, 1.807) is 0 Å². The number of rotatable bonds is 0. The molecule has 0 fully saturated rings. The van der Waals surface area contributed by atoms with Crippen LogP contribution in [0.1, 0.15) is 0 Å². The number of alkyl halides is 3. The van der Waals surface area contributed by atoms with Crippen LogP contribution in [0.25, 0.3) is 0 Å². The Labute approximate surface area is 71.2 Å². The first-order valence-corrected chi connectivity index (χ1v) is 2.23. The van der Waals surface area contributed by atoms with Crippen LogP contribution in [0.15, 0.2) is 0 Å². The summed E-state index contributed by atoms with van der Waals surface area (Å²) >= 11 is 14.6. The van der Waals surface area contributed by atoms with Gasteiger partial charge in [0.05, 0.1) is 0 Å². The zero-order valence-corrected chi connectivity index (χ0v) is 6.95. The second kappa shape index (κ2) is 4.16. The first kappa shape index (κ1) is 11.1. The van der Waals surface area contributed by atoms with Gasteiger partial charge in [-0.3, -0.25) is 4.79 Å². The molecule has 0 aromatic rings. The number of carbonyl (C=O) groups is 1. The average molecular weight is 195 g/mol. The molecule has 0 unspecified atom stereocenters. The minimum absolute atomic E-state index is 0. The van der Waals surface area contributed by atoms with Gasteiger partial charge in [0.25, 0.3) is 0 Å². The van der Waals surface area contributed by atoms with Crippen LogP contribution < -0.4 is 0 Å². The van der Waals surface area contributed by atoms with E-state index in [0.29, 0.717) is 0 Å². The van der Waals surface area contributed by atoms with E-state index in [1.165, 1.54) is 0 Å². The Bertz CT molecular complexity index is 58.4. The van der Waals surface area contributed by atoms with Gasteiger partial charge in [-0.05, 0) is 0 Å². The average Bonchev–Trinajstić information content (AvgIpc) is 1.35. The quantitative estimate of drug-likeness (QED) is 0.325. The summed E-state index contributed by atoms with van der Waals surface area (Å²) in [6, 6.07) is 0. The molecular weight excluding hydrogens is 194 g/mol. The summed E-state index contributed by atoms with van der Waals surface area (Å²) in [5.74, 6) is 0. The Morgan fingerprint density at radius 3 is 1.43 bits per heavy atom. The summed E-state index contributed by atoms with van der Waals surface area (Å²) in [5, 5.41) is 0. The number of hydrogen-bond donors (Lipinski definition) is 0. The van der Waals surface area contributed by atoms with Crippen LogP contribution in [0.3, 0.4) is 0 Å². The first-order valence-electron chi connectivity index (χ1n) is 1.09. The zero-order chi connectivity index (χ0) is 5.21. The predicted molar refractivity (Wildman–Crippen MR) is 26.4 cm³/mol. The molecule has 0 N–H and O–H groups in total. The zero-order valence-electron chi connectivity index (χ0n) is 3.12. The fraction of sp³-hybridized carbons (Fsp3) is 0.500. The molecular formula is C2HCl3OTi. The Kier molecular flexibility index (Phi) is 6.61. The molecule has 40 valence electrons. The van der Waals surface area contributed by atoms with Gasteiger partial charge < -0.3 is 0 Å². The molecule has 0 spiro atoms. The van der Waals surface area contributed by atoms with E-state index in [0.717, 1.165) is 0 Å². The van der Waals surface area contributed by atoms with Crippen molar-refractivity contribution in [3.05, 3.63) is 0 Å². The van der Waals surface area contributed by atoms with E-state index < -0.39 is 3.79 Å². The molecule has 0 heterocycles. The third-order valence-corrected chi connectivity index (χ3v) is 0.401. The molecule has 7 heavy (non-hydrogen) atoms. The first-order chi connectivity index (χ1) is 2.56. The van der Waals surface area contributed by atoms with Gasteiger partial charge in [0.15, 0.2) is 6.29 Å². The third-order valence-electron chi connectivity index (χ3n) is 0.134. The van der Waals surface area contributed by atoms with Crippen LogP contribution in [0, 0.1) is 0 Å². The summed E-state index contributed by atoms with van der Waals surface area (Å²) < 4.78 is -1.72. The van der Waals surface area contributed by atoms with Crippen molar-refractivity contribution in [3.63, 3.8) is 0 Å². The minimum atomic E-state index is -1.72. The van der Waals surface area contributed by atoms with Crippen LogP contribution in [0.4, 0.5) is 0 Å². The SMILES string of the molecule is O=CC(Cl)(Cl)Cl.[Ti]. The smallest absolute Gasteiger partial charge is 0.245 e. The Balaban J connectivity index is 0. The van der Waals surface area contributed by atoms with E-state index in [2.05, 4.69) is 0 Å². The van der Waals surface area contributed by atoms with Gasteiger partial charge in [0, 0.05) is 21.7 Å². The molecule has 0 bridgehead atoms. The van der Waals surface area contributed by atoms with Gasteiger partial charge in [-0.1, -0.05) is 34.8 Å². The van der Waals surface area contributed by atoms with Crippen LogP contribution in [-0.2, 0) is 26.5 Å². The molecule has 0 radical (unpaired) electrons. The molecule has 0 aliphatic rings. The Morgan fingerprint density at radius 1 is 1.29 bits per heavy atom. The summed E-state index contributed by atoms with van der Waals surface area (Å²) in [5.41, 5.74) is 0. The van der Waals surface area contributed by atoms with E-state index in [4.69, 9.17) is 34.8 Å². The molecule has 0 saturated carbocycles. The van der Waals surface area contributed by atoms with Crippen molar-refractivity contribution in [1.82, 2.24) is 0 Å². The van der Waals surface area contributed by atoms with Crippen LogP contribution in [0.5, 0.6) is 0 Å². The van der Waals surface area contributed by atoms with Crippen LogP contribution in [-0.4, -0.2) is 10.1 Å². The van der Waals surface area contributed by atoms with Crippen molar-refractivity contribution in [2.24, 2.45) is 0 Å². The molecule has 0 atom stereocenters. The molecule has 5 heteroatoms. The Morgan fingerprint density at radius 2 is 1.43 bits per heavy atom. The molecule has 0 aromatic carbocycles. The summed E-state index contributed by atoms with van der Waals surface area (Å²) in [6.07, 6.45) is 0.234. The fourth-order valence-corrected chi connectivity index (χ4v) is 0. The molecule has 1 nitrogen and oxygen atoms in total. The van der Waals surface area contributed by atoms with Crippen molar-refractivity contribution >= 4 is 41.1 Å². The monoisotopic (exact) mass is 194 g/mol. The Hall–Kier alpha value is 1.25. The van der Waals surface area contributed by atoms with Crippen molar-refractivity contribution < 1.29 is 26.5 Å². The van der Waals surface area contributed by atoms with E-state index in [1.807, 2.05) is 0 Å². The standard InChI is InChI=1S/C2HCl3O.Ti/c3-2(4,5)1-6;/h1H;. The molecule has 0 amide bonds. The topological polar surface area (TPSA) is 17.1 Å². The maximum Gasteiger partial charge on any atom is 0.245 e. The normalized spacial score (nSPS) is 9.57. The predicted octanol–water partition coefficient (Wildman–Crippen LogP) is 1.55. The van der Waals surface area contributed by atoms with Crippen LogP contribution >= 0.6 is 34.8 Å². The van der Waals surface area contributed by atoms with Gasteiger partial charge in [-0.15, -0.1) is 0 Å². The number of halogens is 3. The molecule has 0 aliphatic heterocycles. The van der Waals surface area contributed by atoms with Gasteiger partial charge in [0.1, 0.15) is 0 Å².